The molecule has 2 heteroatoms. The van der Waals surface area contributed by atoms with Crippen molar-refractivity contribution >= 4 is 21.7 Å². The molecule has 0 amide bonds. The van der Waals surface area contributed by atoms with Crippen LogP contribution in [-0.2, 0) is 0 Å². The van der Waals surface area contributed by atoms with Gasteiger partial charge >= 0.3 is 0 Å². The SMILES string of the molecule is CCCC(Oc1ccc2c(c1)ncc1ccccc12)c1ccccc1. The first kappa shape index (κ1) is 15.6. The summed E-state index contributed by atoms with van der Waals surface area (Å²) in [5, 5.41) is 3.56. The zero-order valence-electron chi connectivity index (χ0n) is 14.4. The predicted molar refractivity (Wildman–Crippen MR) is 104 cm³/mol. The Hall–Kier alpha value is -2.87. The Kier molecular flexibility index (Phi) is 4.34. The fourth-order valence-corrected chi connectivity index (χ4v) is 3.30. The normalized spacial score (nSPS) is 12.4. The molecule has 1 heterocycles. The highest BCUT2D eigenvalue weighted by Gasteiger charge is 2.13. The minimum atomic E-state index is 0.0732. The van der Waals surface area contributed by atoms with Crippen molar-refractivity contribution in [3.8, 4) is 5.75 Å². The molecular weight excluding hydrogens is 306 g/mol. The van der Waals surface area contributed by atoms with E-state index in [0.29, 0.717) is 0 Å². The van der Waals surface area contributed by atoms with Gasteiger partial charge < -0.3 is 4.74 Å². The van der Waals surface area contributed by atoms with Gasteiger partial charge in [-0.25, -0.2) is 0 Å². The Balaban J connectivity index is 1.70. The molecular formula is C23H21NO. The molecule has 1 atom stereocenters. The zero-order valence-corrected chi connectivity index (χ0v) is 14.4. The lowest BCUT2D eigenvalue weighted by molar-refractivity contribution is 0.194. The fourth-order valence-electron chi connectivity index (χ4n) is 3.30. The molecule has 0 saturated heterocycles. The van der Waals surface area contributed by atoms with E-state index >= 15 is 0 Å². The summed E-state index contributed by atoms with van der Waals surface area (Å²) in [6, 6.07) is 25.0. The van der Waals surface area contributed by atoms with E-state index in [4.69, 9.17) is 4.74 Å². The van der Waals surface area contributed by atoms with Gasteiger partial charge in [0.05, 0.1) is 5.52 Å². The molecule has 1 aromatic heterocycles. The number of benzene rings is 3. The molecule has 2 nitrogen and oxygen atoms in total. The quantitative estimate of drug-likeness (QED) is 0.401. The van der Waals surface area contributed by atoms with Crippen molar-refractivity contribution in [1.82, 2.24) is 4.98 Å². The maximum atomic E-state index is 6.32. The van der Waals surface area contributed by atoms with Crippen LogP contribution < -0.4 is 4.74 Å². The fraction of sp³-hybridized carbons (Fsp3) is 0.174. The number of nitrogens with zero attached hydrogens (tertiary/aromatic N) is 1. The van der Waals surface area contributed by atoms with Crippen LogP contribution in [0.5, 0.6) is 5.75 Å². The second-order valence-corrected chi connectivity index (χ2v) is 6.33. The van der Waals surface area contributed by atoms with E-state index in [1.54, 1.807) is 0 Å². The van der Waals surface area contributed by atoms with E-state index in [9.17, 15) is 0 Å². The average molecular weight is 327 g/mol. The number of aromatic nitrogens is 1. The third-order valence-corrected chi connectivity index (χ3v) is 4.56. The van der Waals surface area contributed by atoms with Gasteiger partial charge in [0.25, 0.3) is 0 Å². The minimum absolute atomic E-state index is 0.0732. The van der Waals surface area contributed by atoms with Crippen LogP contribution in [0.1, 0.15) is 31.4 Å². The van der Waals surface area contributed by atoms with Crippen molar-refractivity contribution < 1.29 is 4.74 Å². The zero-order chi connectivity index (χ0) is 17.1. The van der Waals surface area contributed by atoms with Crippen LogP contribution in [0.4, 0.5) is 0 Å². The van der Waals surface area contributed by atoms with Crippen LogP contribution in [0, 0.1) is 0 Å². The first-order chi connectivity index (χ1) is 12.3. The minimum Gasteiger partial charge on any atom is -0.486 e. The number of ether oxygens (including phenoxy) is 1. The standard InChI is InChI=1S/C23H21NO/c1-2-8-23(17-9-4-3-5-10-17)25-19-13-14-21-20-12-7-6-11-18(20)16-24-22(21)15-19/h3-7,9-16,23H,2,8H2,1H3. The Bertz CT molecular complexity index is 994. The third kappa shape index (κ3) is 3.20. The van der Waals surface area contributed by atoms with Gasteiger partial charge in [-0.3, -0.25) is 4.98 Å². The van der Waals surface area contributed by atoms with E-state index in [1.807, 2.05) is 24.4 Å². The van der Waals surface area contributed by atoms with Crippen LogP contribution in [0.3, 0.4) is 0 Å². The van der Waals surface area contributed by atoms with Crippen molar-refractivity contribution in [2.45, 2.75) is 25.9 Å². The highest BCUT2D eigenvalue weighted by molar-refractivity contribution is 6.05. The van der Waals surface area contributed by atoms with E-state index in [1.165, 1.54) is 10.9 Å². The molecule has 0 bridgehead atoms. The summed E-state index contributed by atoms with van der Waals surface area (Å²) >= 11 is 0. The molecule has 1 unspecified atom stereocenters. The van der Waals surface area contributed by atoms with Crippen LogP contribution >= 0.6 is 0 Å². The number of pyridine rings is 1. The molecule has 124 valence electrons. The van der Waals surface area contributed by atoms with Crippen LogP contribution in [0.2, 0.25) is 0 Å². The molecule has 25 heavy (non-hydrogen) atoms. The smallest absolute Gasteiger partial charge is 0.124 e. The topological polar surface area (TPSA) is 22.1 Å². The van der Waals surface area contributed by atoms with Gasteiger partial charge in [-0.1, -0.05) is 67.9 Å². The lowest BCUT2D eigenvalue weighted by atomic mass is 10.0. The first-order valence-corrected chi connectivity index (χ1v) is 8.84. The molecule has 0 N–H and O–H groups in total. The maximum absolute atomic E-state index is 6.32. The lowest BCUT2D eigenvalue weighted by Crippen LogP contribution is -2.07. The maximum Gasteiger partial charge on any atom is 0.124 e. The van der Waals surface area contributed by atoms with E-state index in [2.05, 4.69) is 66.5 Å². The molecule has 3 aromatic carbocycles. The van der Waals surface area contributed by atoms with Crippen molar-refractivity contribution in [1.29, 1.82) is 0 Å². The van der Waals surface area contributed by atoms with Gasteiger partial charge in [0.1, 0.15) is 11.9 Å². The largest absolute Gasteiger partial charge is 0.486 e. The molecule has 0 radical (unpaired) electrons. The van der Waals surface area contributed by atoms with Gasteiger partial charge in [-0.05, 0) is 29.5 Å². The summed E-state index contributed by atoms with van der Waals surface area (Å²) in [5.41, 5.74) is 2.19. The van der Waals surface area contributed by atoms with Gasteiger partial charge in [-0.15, -0.1) is 0 Å². The summed E-state index contributed by atoms with van der Waals surface area (Å²) in [5.74, 6) is 0.873. The second kappa shape index (κ2) is 6.94. The average Bonchev–Trinajstić information content (AvgIpc) is 2.68. The number of fused-ring (bicyclic) bond motifs is 3. The second-order valence-electron chi connectivity index (χ2n) is 6.33. The van der Waals surface area contributed by atoms with Crippen molar-refractivity contribution in [3.63, 3.8) is 0 Å². The molecule has 0 aliphatic carbocycles. The van der Waals surface area contributed by atoms with Crippen molar-refractivity contribution in [2.24, 2.45) is 0 Å². The van der Waals surface area contributed by atoms with Gasteiger partial charge in [0.2, 0.25) is 0 Å². The van der Waals surface area contributed by atoms with Crippen molar-refractivity contribution in [3.05, 3.63) is 84.6 Å². The number of hydrogen-bond donors (Lipinski definition) is 0. The van der Waals surface area contributed by atoms with E-state index in [0.717, 1.165) is 34.9 Å². The van der Waals surface area contributed by atoms with Gasteiger partial charge in [0.15, 0.2) is 0 Å². The van der Waals surface area contributed by atoms with Crippen molar-refractivity contribution in [2.75, 3.05) is 0 Å². The predicted octanol–water partition coefficient (Wildman–Crippen LogP) is 6.31. The summed E-state index contributed by atoms with van der Waals surface area (Å²) in [7, 11) is 0. The molecule has 0 fully saturated rings. The Morgan fingerprint density at radius 1 is 0.880 bits per heavy atom. The van der Waals surface area contributed by atoms with E-state index < -0.39 is 0 Å². The Morgan fingerprint density at radius 3 is 2.52 bits per heavy atom. The highest BCUT2D eigenvalue weighted by Crippen LogP contribution is 2.30. The summed E-state index contributed by atoms with van der Waals surface area (Å²) in [6.07, 6.45) is 4.08. The number of hydrogen-bond acceptors (Lipinski definition) is 2. The van der Waals surface area contributed by atoms with E-state index in [-0.39, 0.29) is 6.10 Å². The summed E-state index contributed by atoms with van der Waals surface area (Å²) < 4.78 is 6.32. The molecule has 0 spiro atoms. The Labute approximate surface area is 148 Å². The number of rotatable bonds is 5. The lowest BCUT2D eigenvalue weighted by Gasteiger charge is -2.19. The van der Waals surface area contributed by atoms with Gasteiger partial charge in [-0.2, -0.15) is 0 Å². The highest BCUT2D eigenvalue weighted by atomic mass is 16.5. The van der Waals surface area contributed by atoms with Crippen LogP contribution in [0.15, 0.2) is 79.0 Å². The first-order valence-electron chi connectivity index (χ1n) is 8.84. The monoisotopic (exact) mass is 327 g/mol. The molecule has 0 saturated carbocycles. The summed E-state index contributed by atoms with van der Waals surface area (Å²) in [6.45, 7) is 2.19. The Morgan fingerprint density at radius 2 is 1.68 bits per heavy atom. The molecule has 4 rings (SSSR count). The van der Waals surface area contributed by atoms with Crippen LogP contribution in [0.25, 0.3) is 21.7 Å². The molecule has 4 aromatic rings. The van der Waals surface area contributed by atoms with Crippen LogP contribution in [-0.4, -0.2) is 4.98 Å². The molecule has 0 aliphatic rings. The molecule has 0 aliphatic heterocycles. The third-order valence-electron chi connectivity index (χ3n) is 4.56. The summed E-state index contributed by atoms with van der Waals surface area (Å²) in [4.78, 5) is 4.62. The van der Waals surface area contributed by atoms with Gasteiger partial charge in [0, 0.05) is 23.0 Å².